The zero-order chi connectivity index (χ0) is 12.6. The molecule has 0 rings (SSSR count). The van der Waals surface area contributed by atoms with Crippen LogP contribution >= 0.6 is 11.8 Å². The summed E-state index contributed by atoms with van der Waals surface area (Å²) in [6, 6.07) is -0.463. The van der Waals surface area contributed by atoms with E-state index in [0.717, 1.165) is 0 Å². The summed E-state index contributed by atoms with van der Waals surface area (Å²) in [5.74, 6) is 0.548. The number of aliphatic hydroxyl groups is 1. The molecule has 3 N–H and O–H groups in total. The lowest BCUT2D eigenvalue weighted by molar-refractivity contribution is -0.119. The molecule has 0 radical (unpaired) electrons. The van der Waals surface area contributed by atoms with Crippen LogP contribution in [0.2, 0.25) is 0 Å². The molecule has 0 aromatic heterocycles. The Balaban J connectivity index is 3.85. The summed E-state index contributed by atoms with van der Waals surface area (Å²) in [6.07, 6.45) is 0. The molecule has 0 saturated heterocycles. The molecule has 0 heterocycles. The maximum Gasteiger partial charge on any atom is 0.321 e. The number of imide groups is 1. The molecule has 2 atom stereocenters. The Labute approximate surface area is 100 Å². The summed E-state index contributed by atoms with van der Waals surface area (Å²) in [5.41, 5.74) is 0. The second kappa shape index (κ2) is 8.41. The van der Waals surface area contributed by atoms with Crippen LogP contribution in [0.4, 0.5) is 4.79 Å². The van der Waals surface area contributed by atoms with Crippen molar-refractivity contribution < 1.29 is 14.7 Å². The lowest BCUT2D eigenvalue weighted by atomic mass is 10.2. The largest absolute Gasteiger partial charge is 0.396 e. The normalized spacial score (nSPS) is 14.0. The third-order valence-electron chi connectivity index (χ3n) is 1.89. The van der Waals surface area contributed by atoms with Crippen LogP contribution < -0.4 is 10.6 Å². The van der Waals surface area contributed by atoms with Gasteiger partial charge in [0.1, 0.15) is 0 Å². The average Bonchev–Trinajstić information content (AvgIpc) is 2.25. The van der Waals surface area contributed by atoms with Crippen LogP contribution in [0.15, 0.2) is 0 Å². The highest BCUT2D eigenvalue weighted by molar-refractivity contribution is 8.00. The van der Waals surface area contributed by atoms with Crippen molar-refractivity contribution in [3.05, 3.63) is 0 Å². The number of hydrogen-bond acceptors (Lipinski definition) is 4. The number of rotatable bonds is 6. The first-order valence-corrected chi connectivity index (χ1v) is 6.37. The lowest BCUT2D eigenvalue weighted by Gasteiger charge is -2.13. The second-order valence-corrected chi connectivity index (χ2v) is 4.99. The molecule has 0 spiro atoms. The van der Waals surface area contributed by atoms with Crippen LogP contribution in [-0.2, 0) is 4.79 Å². The van der Waals surface area contributed by atoms with Crippen molar-refractivity contribution in [1.82, 2.24) is 10.6 Å². The predicted octanol–water partition coefficient (Wildman–Crippen LogP) is 0.582. The topological polar surface area (TPSA) is 78.4 Å². The van der Waals surface area contributed by atoms with Crippen LogP contribution in [0.25, 0.3) is 0 Å². The van der Waals surface area contributed by atoms with E-state index in [4.69, 9.17) is 5.11 Å². The molecular formula is C10H20N2O3S. The van der Waals surface area contributed by atoms with Gasteiger partial charge in [0.25, 0.3) is 0 Å². The standard InChI is InChI=1S/C10H20N2O3S/c1-4-11-10(15)12-9(14)8(3)16-6-7(2)5-13/h7-8,13H,4-6H2,1-3H3,(H2,11,12,14,15). The Morgan fingerprint density at radius 1 is 1.38 bits per heavy atom. The van der Waals surface area contributed by atoms with Crippen molar-refractivity contribution in [2.45, 2.75) is 26.0 Å². The van der Waals surface area contributed by atoms with Crippen molar-refractivity contribution in [2.75, 3.05) is 18.9 Å². The smallest absolute Gasteiger partial charge is 0.321 e. The van der Waals surface area contributed by atoms with E-state index in [1.54, 1.807) is 13.8 Å². The predicted molar refractivity (Wildman–Crippen MR) is 65.4 cm³/mol. The van der Waals surface area contributed by atoms with Crippen molar-refractivity contribution in [1.29, 1.82) is 0 Å². The number of hydrogen-bond donors (Lipinski definition) is 3. The summed E-state index contributed by atoms with van der Waals surface area (Å²) in [7, 11) is 0. The molecule has 0 aromatic carbocycles. The average molecular weight is 248 g/mol. The maximum absolute atomic E-state index is 11.5. The summed E-state index contributed by atoms with van der Waals surface area (Å²) in [4.78, 5) is 22.5. The van der Waals surface area contributed by atoms with E-state index in [1.165, 1.54) is 11.8 Å². The van der Waals surface area contributed by atoms with Crippen LogP contribution in [0.5, 0.6) is 0 Å². The number of urea groups is 1. The molecule has 0 aromatic rings. The zero-order valence-electron chi connectivity index (χ0n) is 9.95. The zero-order valence-corrected chi connectivity index (χ0v) is 10.8. The molecule has 6 heteroatoms. The Kier molecular flexibility index (Phi) is 8.01. The minimum Gasteiger partial charge on any atom is -0.396 e. The molecule has 94 valence electrons. The van der Waals surface area contributed by atoms with Gasteiger partial charge in [-0.25, -0.2) is 4.79 Å². The van der Waals surface area contributed by atoms with Gasteiger partial charge >= 0.3 is 6.03 Å². The quantitative estimate of drug-likeness (QED) is 0.642. The first-order valence-electron chi connectivity index (χ1n) is 5.32. The van der Waals surface area contributed by atoms with Gasteiger partial charge in [0.2, 0.25) is 5.91 Å². The third-order valence-corrected chi connectivity index (χ3v) is 3.36. The summed E-state index contributed by atoms with van der Waals surface area (Å²) < 4.78 is 0. The van der Waals surface area contributed by atoms with Crippen molar-refractivity contribution >= 4 is 23.7 Å². The first kappa shape index (κ1) is 15.2. The van der Waals surface area contributed by atoms with Gasteiger partial charge in [-0.15, -0.1) is 11.8 Å². The Morgan fingerprint density at radius 2 is 2.00 bits per heavy atom. The van der Waals surface area contributed by atoms with E-state index in [2.05, 4.69) is 10.6 Å². The van der Waals surface area contributed by atoms with Gasteiger partial charge in [-0.1, -0.05) is 6.92 Å². The lowest BCUT2D eigenvalue weighted by Crippen LogP contribution is -2.42. The van der Waals surface area contributed by atoms with Crippen LogP contribution in [0, 0.1) is 5.92 Å². The minimum absolute atomic E-state index is 0.109. The fraction of sp³-hybridized carbons (Fsp3) is 0.800. The van der Waals surface area contributed by atoms with Gasteiger partial charge < -0.3 is 10.4 Å². The van der Waals surface area contributed by atoms with E-state index in [0.29, 0.717) is 12.3 Å². The number of amides is 3. The van der Waals surface area contributed by atoms with Crippen molar-refractivity contribution in [3.8, 4) is 0 Å². The third kappa shape index (κ3) is 6.68. The molecule has 2 unspecified atom stereocenters. The van der Waals surface area contributed by atoms with Crippen LogP contribution in [0.3, 0.4) is 0 Å². The fourth-order valence-electron chi connectivity index (χ4n) is 0.855. The van der Waals surface area contributed by atoms with Gasteiger partial charge in [-0.2, -0.15) is 0 Å². The highest BCUT2D eigenvalue weighted by atomic mass is 32.2. The number of carbonyl (C=O) groups is 2. The molecule has 0 bridgehead atoms. The summed E-state index contributed by atoms with van der Waals surface area (Å²) in [5, 5.41) is 13.3. The van der Waals surface area contributed by atoms with Gasteiger partial charge in [0, 0.05) is 13.2 Å². The molecule has 5 nitrogen and oxygen atoms in total. The van der Waals surface area contributed by atoms with Gasteiger partial charge in [-0.05, 0) is 25.5 Å². The fourth-order valence-corrected chi connectivity index (χ4v) is 1.79. The summed E-state index contributed by atoms with van der Waals surface area (Å²) >= 11 is 1.43. The molecule has 0 saturated carbocycles. The van der Waals surface area contributed by atoms with Crippen LogP contribution in [0.1, 0.15) is 20.8 Å². The van der Waals surface area contributed by atoms with Crippen LogP contribution in [-0.4, -0.2) is 41.2 Å². The number of thioether (sulfide) groups is 1. The van der Waals surface area contributed by atoms with Gasteiger partial charge in [-0.3, -0.25) is 10.1 Å². The van der Waals surface area contributed by atoms with Gasteiger partial charge in [0.05, 0.1) is 5.25 Å². The van der Waals surface area contributed by atoms with E-state index in [-0.39, 0.29) is 23.7 Å². The summed E-state index contributed by atoms with van der Waals surface area (Å²) in [6.45, 7) is 6.02. The molecule has 16 heavy (non-hydrogen) atoms. The Hall–Kier alpha value is -0.750. The molecule has 0 aliphatic rings. The Bertz CT molecular complexity index is 236. The van der Waals surface area contributed by atoms with E-state index in [9.17, 15) is 9.59 Å². The van der Waals surface area contributed by atoms with Gasteiger partial charge in [0.15, 0.2) is 0 Å². The SMILES string of the molecule is CCNC(=O)NC(=O)C(C)SCC(C)CO. The highest BCUT2D eigenvalue weighted by Gasteiger charge is 2.16. The number of carbonyl (C=O) groups excluding carboxylic acids is 2. The molecule has 0 aliphatic heterocycles. The van der Waals surface area contributed by atoms with Crippen molar-refractivity contribution in [3.63, 3.8) is 0 Å². The molecule has 0 fully saturated rings. The van der Waals surface area contributed by atoms with Crippen molar-refractivity contribution in [2.24, 2.45) is 5.92 Å². The highest BCUT2D eigenvalue weighted by Crippen LogP contribution is 2.14. The van der Waals surface area contributed by atoms with E-state index < -0.39 is 6.03 Å². The number of aliphatic hydroxyl groups excluding tert-OH is 1. The first-order chi connectivity index (χ1) is 7.51. The molecular weight excluding hydrogens is 228 g/mol. The number of nitrogens with one attached hydrogen (secondary N) is 2. The Morgan fingerprint density at radius 3 is 2.50 bits per heavy atom. The van der Waals surface area contributed by atoms with E-state index in [1.807, 2.05) is 6.92 Å². The monoisotopic (exact) mass is 248 g/mol. The minimum atomic E-state index is -0.463. The maximum atomic E-state index is 11.5. The molecule has 3 amide bonds. The van der Waals surface area contributed by atoms with E-state index >= 15 is 0 Å². The second-order valence-electron chi connectivity index (χ2n) is 3.61. The molecule has 0 aliphatic carbocycles.